The summed E-state index contributed by atoms with van der Waals surface area (Å²) in [5.74, 6) is -0.751. The van der Waals surface area contributed by atoms with Crippen molar-refractivity contribution in [2.24, 2.45) is 0 Å². The zero-order chi connectivity index (χ0) is 16.3. The van der Waals surface area contributed by atoms with Gasteiger partial charge in [0.1, 0.15) is 6.54 Å². The Morgan fingerprint density at radius 3 is 2.82 bits per heavy atom. The number of aliphatic carboxylic acids is 1. The van der Waals surface area contributed by atoms with Crippen molar-refractivity contribution in [3.05, 3.63) is 18.0 Å². The molecule has 2 N–H and O–H groups in total. The third-order valence-electron chi connectivity index (χ3n) is 3.57. The molecule has 1 aliphatic rings. The maximum absolute atomic E-state index is 12.3. The third kappa shape index (κ3) is 4.47. The van der Waals surface area contributed by atoms with Gasteiger partial charge in [-0.2, -0.15) is 5.10 Å². The number of carbonyl (C=O) groups is 2. The van der Waals surface area contributed by atoms with Crippen LogP contribution in [0.5, 0.6) is 0 Å². The Balaban J connectivity index is 1.99. The lowest BCUT2D eigenvalue weighted by atomic mass is 9.95. The summed E-state index contributed by atoms with van der Waals surface area (Å²) in [6.07, 6.45) is 3.56. The molecule has 0 bridgehead atoms. The first-order chi connectivity index (χ1) is 10.2. The second-order valence-electron chi connectivity index (χ2n) is 6.80. The van der Waals surface area contributed by atoms with Crippen LogP contribution in [0.2, 0.25) is 0 Å². The normalized spacial score (nSPS) is 19.0. The van der Waals surface area contributed by atoms with Crippen LogP contribution in [0.15, 0.2) is 12.3 Å². The van der Waals surface area contributed by atoms with E-state index < -0.39 is 5.97 Å². The molecule has 1 aromatic heterocycles. The van der Waals surface area contributed by atoms with Gasteiger partial charge in [-0.15, -0.1) is 0 Å². The monoisotopic (exact) mass is 308 g/mol. The summed E-state index contributed by atoms with van der Waals surface area (Å²) in [7, 11) is 0. The van der Waals surface area contributed by atoms with Crippen LogP contribution in [0, 0.1) is 0 Å². The number of nitrogens with zero attached hydrogens (tertiary/aromatic N) is 3. The standard InChI is InChI=1S/C15H24N4O3/c1-15(2,3)16-14(22)18-7-4-5-11(9-18)12-6-8-19(17-12)10-13(20)21/h6,8,11H,4-5,7,9-10H2,1-3H3,(H,16,22)(H,20,21). The van der Waals surface area contributed by atoms with Crippen molar-refractivity contribution in [2.45, 2.75) is 51.6 Å². The Kier molecular flexibility index (Phi) is 4.73. The molecule has 2 amide bonds. The first-order valence-corrected chi connectivity index (χ1v) is 7.57. The van der Waals surface area contributed by atoms with E-state index in [1.54, 1.807) is 6.20 Å². The smallest absolute Gasteiger partial charge is 0.325 e. The minimum absolute atomic E-state index is 0.0535. The molecular formula is C15H24N4O3. The number of nitrogens with one attached hydrogen (secondary N) is 1. The van der Waals surface area contributed by atoms with Gasteiger partial charge in [-0.25, -0.2) is 4.79 Å². The molecule has 22 heavy (non-hydrogen) atoms. The molecule has 7 heteroatoms. The molecule has 1 aromatic rings. The highest BCUT2D eigenvalue weighted by Crippen LogP contribution is 2.25. The molecule has 0 saturated carbocycles. The van der Waals surface area contributed by atoms with Crippen molar-refractivity contribution in [2.75, 3.05) is 13.1 Å². The molecule has 0 aliphatic carbocycles. The molecule has 0 radical (unpaired) electrons. The average molecular weight is 308 g/mol. The number of hydrogen-bond donors (Lipinski definition) is 2. The molecule has 1 aliphatic heterocycles. The van der Waals surface area contributed by atoms with E-state index in [1.807, 2.05) is 31.7 Å². The van der Waals surface area contributed by atoms with Gasteiger partial charge in [0, 0.05) is 30.7 Å². The van der Waals surface area contributed by atoms with Crippen molar-refractivity contribution in [1.29, 1.82) is 0 Å². The number of aromatic nitrogens is 2. The maximum Gasteiger partial charge on any atom is 0.325 e. The lowest BCUT2D eigenvalue weighted by Crippen LogP contribution is -2.51. The Bertz CT molecular complexity index is 547. The van der Waals surface area contributed by atoms with Crippen LogP contribution in [0.25, 0.3) is 0 Å². The van der Waals surface area contributed by atoms with E-state index >= 15 is 0 Å². The predicted molar refractivity (Wildman–Crippen MR) is 81.7 cm³/mol. The van der Waals surface area contributed by atoms with Crippen molar-refractivity contribution in [3.63, 3.8) is 0 Å². The Labute approximate surface area is 130 Å². The van der Waals surface area contributed by atoms with Crippen LogP contribution in [0.1, 0.15) is 45.2 Å². The van der Waals surface area contributed by atoms with Crippen LogP contribution >= 0.6 is 0 Å². The lowest BCUT2D eigenvalue weighted by Gasteiger charge is -2.34. The third-order valence-corrected chi connectivity index (χ3v) is 3.57. The highest BCUT2D eigenvalue weighted by molar-refractivity contribution is 5.75. The number of carboxylic acids is 1. The van der Waals surface area contributed by atoms with Crippen molar-refractivity contribution < 1.29 is 14.7 Å². The first-order valence-electron chi connectivity index (χ1n) is 7.57. The minimum Gasteiger partial charge on any atom is -0.480 e. The molecule has 1 fully saturated rings. The summed E-state index contributed by atoms with van der Waals surface area (Å²) in [5.41, 5.74) is 0.599. The van der Waals surface area contributed by atoms with Gasteiger partial charge in [-0.3, -0.25) is 9.48 Å². The number of likely N-dealkylation sites (tertiary alicyclic amines) is 1. The largest absolute Gasteiger partial charge is 0.480 e. The fourth-order valence-corrected chi connectivity index (χ4v) is 2.62. The summed E-state index contributed by atoms with van der Waals surface area (Å²) in [4.78, 5) is 24.8. The summed E-state index contributed by atoms with van der Waals surface area (Å²) >= 11 is 0. The van der Waals surface area contributed by atoms with Gasteiger partial charge < -0.3 is 15.3 Å². The SMILES string of the molecule is CC(C)(C)NC(=O)N1CCCC(c2ccn(CC(=O)O)n2)C1. The van der Waals surface area contributed by atoms with E-state index in [2.05, 4.69) is 10.4 Å². The highest BCUT2D eigenvalue weighted by Gasteiger charge is 2.28. The molecule has 1 unspecified atom stereocenters. The van der Waals surface area contributed by atoms with E-state index in [-0.39, 0.29) is 24.0 Å². The summed E-state index contributed by atoms with van der Waals surface area (Å²) < 4.78 is 1.42. The van der Waals surface area contributed by atoms with Gasteiger partial charge in [-0.1, -0.05) is 0 Å². The number of urea groups is 1. The van der Waals surface area contributed by atoms with Gasteiger partial charge in [0.2, 0.25) is 0 Å². The van der Waals surface area contributed by atoms with Gasteiger partial charge in [0.15, 0.2) is 0 Å². The molecule has 2 rings (SSSR count). The summed E-state index contributed by atoms with van der Waals surface area (Å²) in [5, 5.41) is 16.1. The summed E-state index contributed by atoms with van der Waals surface area (Å²) in [6, 6.07) is 1.79. The molecule has 7 nitrogen and oxygen atoms in total. The molecule has 1 atom stereocenters. The highest BCUT2D eigenvalue weighted by atomic mass is 16.4. The fraction of sp³-hybridized carbons (Fsp3) is 0.667. The Hall–Kier alpha value is -2.05. The van der Waals surface area contributed by atoms with Crippen LogP contribution < -0.4 is 5.32 Å². The van der Waals surface area contributed by atoms with E-state index in [0.717, 1.165) is 25.1 Å². The number of carbonyl (C=O) groups excluding carboxylic acids is 1. The van der Waals surface area contributed by atoms with Gasteiger partial charge in [0.25, 0.3) is 0 Å². The number of piperidine rings is 1. The number of amides is 2. The quantitative estimate of drug-likeness (QED) is 0.889. The van der Waals surface area contributed by atoms with Crippen LogP contribution in [-0.2, 0) is 11.3 Å². The van der Waals surface area contributed by atoms with Crippen LogP contribution in [-0.4, -0.2) is 50.4 Å². The molecule has 1 saturated heterocycles. The molecular weight excluding hydrogens is 284 g/mol. The van der Waals surface area contributed by atoms with Gasteiger partial charge in [-0.05, 0) is 39.7 Å². The Morgan fingerprint density at radius 2 is 2.18 bits per heavy atom. The maximum atomic E-state index is 12.3. The molecule has 122 valence electrons. The predicted octanol–water partition coefficient (Wildman–Crippen LogP) is 1.66. The lowest BCUT2D eigenvalue weighted by molar-refractivity contribution is -0.137. The van der Waals surface area contributed by atoms with Gasteiger partial charge in [0.05, 0.1) is 5.69 Å². The van der Waals surface area contributed by atoms with E-state index in [1.165, 1.54) is 4.68 Å². The number of hydrogen-bond acceptors (Lipinski definition) is 3. The van der Waals surface area contributed by atoms with Crippen molar-refractivity contribution in [3.8, 4) is 0 Å². The van der Waals surface area contributed by atoms with Crippen molar-refractivity contribution >= 4 is 12.0 Å². The topological polar surface area (TPSA) is 87.5 Å². The minimum atomic E-state index is -0.913. The van der Waals surface area contributed by atoms with E-state index in [4.69, 9.17) is 5.11 Å². The second-order valence-corrected chi connectivity index (χ2v) is 6.80. The van der Waals surface area contributed by atoms with E-state index in [0.29, 0.717) is 6.54 Å². The Morgan fingerprint density at radius 1 is 1.45 bits per heavy atom. The first kappa shape index (κ1) is 16.3. The van der Waals surface area contributed by atoms with Crippen LogP contribution in [0.3, 0.4) is 0 Å². The summed E-state index contributed by atoms with van der Waals surface area (Å²) in [6.45, 7) is 7.10. The van der Waals surface area contributed by atoms with E-state index in [9.17, 15) is 9.59 Å². The van der Waals surface area contributed by atoms with Crippen molar-refractivity contribution in [1.82, 2.24) is 20.0 Å². The fourth-order valence-electron chi connectivity index (χ4n) is 2.62. The van der Waals surface area contributed by atoms with Crippen LogP contribution in [0.4, 0.5) is 4.79 Å². The second kappa shape index (κ2) is 6.37. The zero-order valence-corrected chi connectivity index (χ0v) is 13.4. The number of carboxylic acid groups (broad SMARTS) is 1. The number of rotatable bonds is 3. The zero-order valence-electron chi connectivity index (χ0n) is 13.4. The molecule has 0 spiro atoms. The average Bonchev–Trinajstić information content (AvgIpc) is 2.84. The molecule has 2 heterocycles. The molecule has 0 aromatic carbocycles. The van der Waals surface area contributed by atoms with Gasteiger partial charge >= 0.3 is 12.0 Å².